The smallest absolute Gasteiger partial charge is 0.133 e. The molecule has 0 amide bonds. The second-order valence-corrected chi connectivity index (χ2v) is 5.84. The van der Waals surface area contributed by atoms with Gasteiger partial charge in [0.15, 0.2) is 0 Å². The number of rotatable bonds is 4. The van der Waals surface area contributed by atoms with Gasteiger partial charge in [-0.25, -0.2) is 4.98 Å². The Morgan fingerprint density at radius 1 is 1.44 bits per heavy atom. The SMILES string of the molecule is CNC(C)c1cnc(-c2ccc(OC)c(Br)c2)s1. The summed E-state index contributed by atoms with van der Waals surface area (Å²) in [4.78, 5) is 5.70. The number of hydrogen-bond acceptors (Lipinski definition) is 4. The van der Waals surface area contributed by atoms with Crippen LogP contribution in [0.4, 0.5) is 0 Å². The second-order valence-electron chi connectivity index (χ2n) is 3.93. The summed E-state index contributed by atoms with van der Waals surface area (Å²) >= 11 is 5.20. The highest BCUT2D eigenvalue weighted by atomic mass is 79.9. The van der Waals surface area contributed by atoms with Gasteiger partial charge < -0.3 is 10.1 Å². The van der Waals surface area contributed by atoms with Gasteiger partial charge in [-0.05, 0) is 48.1 Å². The molecular weight excluding hydrogens is 312 g/mol. The Morgan fingerprint density at radius 2 is 2.22 bits per heavy atom. The van der Waals surface area contributed by atoms with Crippen molar-refractivity contribution in [3.8, 4) is 16.3 Å². The maximum atomic E-state index is 5.22. The first-order valence-corrected chi connectivity index (χ1v) is 7.23. The summed E-state index contributed by atoms with van der Waals surface area (Å²) in [6, 6.07) is 6.34. The van der Waals surface area contributed by atoms with Crippen LogP contribution >= 0.6 is 27.3 Å². The molecule has 0 aliphatic rings. The lowest BCUT2D eigenvalue weighted by atomic mass is 10.2. The van der Waals surface area contributed by atoms with Crippen LogP contribution in [-0.2, 0) is 0 Å². The molecule has 0 saturated carbocycles. The number of methoxy groups -OCH3 is 1. The van der Waals surface area contributed by atoms with E-state index in [0.717, 1.165) is 20.8 Å². The number of halogens is 1. The van der Waals surface area contributed by atoms with Crippen LogP contribution in [0.2, 0.25) is 0 Å². The lowest BCUT2D eigenvalue weighted by Crippen LogP contribution is -2.10. The molecule has 0 radical (unpaired) electrons. The molecule has 1 aromatic heterocycles. The van der Waals surface area contributed by atoms with Crippen LogP contribution in [0, 0.1) is 0 Å². The van der Waals surface area contributed by atoms with Gasteiger partial charge >= 0.3 is 0 Å². The molecule has 0 spiro atoms. The van der Waals surface area contributed by atoms with Crippen LogP contribution in [0.25, 0.3) is 10.6 Å². The normalized spacial score (nSPS) is 12.4. The minimum atomic E-state index is 0.331. The summed E-state index contributed by atoms with van der Waals surface area (Å²) in [6.07, 6.45) is 1.93. The maximum absolute atomic E-state index is 5.22. The Kier molecular flexibility index (Phi) is 4.37. The Balaban J connectivity index is 2.31. The van der Waals surface area contributed by atoms with Crippen molar-refractivity contribution in [1.29, 1.82) is 0 Å². The third-order valence-electron chi connectivity index (χ3n) is 2.78. The van der Waals surface area contributed by atoms with Crippen molar-refractivity contribution < 1.29 is 4.74 Å². The van der Waals surface area contributed by atoms with Crippen LogP contribution in [0.3, 0.4) is 0 Å². The molecule has 2 aromatic rings. The molecule has 1 heterocycles. The van der Waals surface area contributed by atoms with Gasteiger partial charge in [0.05, 0.1) is 11.6 Å². The molecule has 1 aromatic carbocycles. The zero-order valence-corrected chi connectivity index (χ0v) is 12.9. The van der Waals surface area contributed by atoms with E-state index < -0.39 is 0 Å². The van der Waals surface area contributed by atoms with E-state index in [9.17, 15) is 0 Å². The number of benzene rings is 1. The molecule has 0 saturated heterocycles. The number of hydrogen-bond donors (Lipinski definition) is 1. The molecule has 0 bridgehead atoms. The fourth-order valence-electron chi connectivity index (χ4n) is 1.56. The number of nitrogens with zero attached hydrogens (tertiary/aromatic N) is 1. The Hall–Kier alpha value is -0.910. The van der Waals surface area contributed by atoms with E-state index in [1.165, 1.54) is 4.88 Å². The van der Waals surface area contributed by atoms with E-state index >= 15 is 0 Å². The van der Waals surface area contributed by atoms with Gasteiger partial charge in [0.25, 0.3) is 0 Å². The number of thiazole rings is 1. The highest BCUT2D eigenvalue weighted by Crippen LogP contribution is 2.33. The number of ether oxygens (including phenoxy) is 1. The molecule has 18 heavy (non-hydrogen) atoms. The van der Waals surface area contributed by atoms with Gasteiger partial charge in [0.2, 0.25) is 0 Å². The summed E-state index contributed by atoms with van der Waals surface area (Å²) in [5, 5.41) is 4.24. The fourth-order valence-corrected chi connectivity index (χ4v) is 3.08. The van der Waals surface area contributed by atoms with Crippen molar-refractivity contribution in [3.05, 3.63) is 33.7 Å². The van der Waals surface area contributed by atoms with Crippen LogP contribution < -0.4 is 10.1 Å². The van der Waals surface area contributed by atoms with Crippen molar-refractivity contribution in [2.45, 2.75) is 13.0 Å². The van der Waals surface area contributed by atoms with E-state index in [-0.39, 0.29) is 0 Å². The third-order valence-corrected chi connectivity index (χ3v) is 4.63. The van der Waals surface area contributed by atoms with Gasteiger partial charge in [-0.15, -0.1) is 11.3 Å². The summed E-state index contributed by atoms with van der Waals surface area (Å²) < 4.78 is 6.17. The first-order chi connectivity index (χ1) is 8.65. The van der Waals surface area contributed by atoms with Gasteiger partial charge in [-0.3, -0.25) is 0 Å². The van der Waals surface area contributed by atoms with Crippen molar-refractivity contribution >= 4 is 27.3 Å². The number of aromatic nitrogens is 1. The fraction of sp³-hybridized carbons (Fsp3) is 0.308. The third kappa shape index (κ3) is 2.74. The van der Waals surface area contributed by atoms with Gasteiger partial charge in [-0.1, -0.05) is 0 Å². The van der Waals surface area contributed by atoms with E-state index in [1.807, 2.05) is 31.4 Å². The van der Waals surface area contributed by atoms with Crippen LogP contribution in [0.1, 0.15) is 17.8 Å². The molecule has 1 N–H and O–H groups in total. The molecule has 1 unspecified atom stereocenters. The standard InChI is InChI=1S/C13H15BrN2OS/c1-8(15-2)12-7-16-13(18-12)9-4-5-11(17-3)10(14)6-9/h4-8,15H,1-3H3. The Labute approximate surface area is 119 Å². The first kappa shape index (κ1) is 13.5. The molecule has 0 aliphatic heterocycles. The first-order valence-electron chi connectivity index (χ1n) is 5.62. The zero-order chi connectivity index (χ0) is 13.1. The predicted octanol–water partition coefficient (Wildman–Crippen LogP) is 3.86. The van der Waals surface area contributed by atoms with E-state index in [4.69, 9.17) is 4.74 Å². The van der Waals surface area contributed by atoms with E-state index in [2.05, 4.69) is 33.2 Å². The van der Waals surface area contributed by atoms with Crippen molar-refractivity contribution in [3.63, 3.8) is 0 Å². The molecule has 5 heteroatoms. The van der Waals surface area contributed by atoms with Crippen LogP contribution in [-0.4, -0.2) is 19.1 Å². The van der Waals surface area contributed by atoms with Gasteiger partial charge in [0.1, 0.15) is 10.8 Å². The van der Waals surface area contributed by atoms with Crippen molar-refractivity contribution in [2.24, 2.45) is 0 Å². The molecule has 2 rings (SSSR count). The quantitative estimate of drug-likeness (QED) is 0.926. The summed E-state index contributed by atoms with van der Waals surface area (Å²) in [6.45, 7) is 2.13. The predicted molar refractivity (Wildman–Crippen MR) is 79.3 cm³/mol. The molecule has 0 fully saturated rings. The topological polar surface area (TPSA) is 34.2 Å². The second kappa shape index (κ2) is 5.82. The maximum Gasteiger partial charge on any atom is 0.133 e. The van der Waals surface area contributed by atoms with Crippen LogP contribution in [0.15, 0.2) is 28.9 Å². The average molecular weight is 327 g/mol. The van der Waals surface area contributed by atoms with E-state index in [0.29, 0.717) is 6.04 Å². The van der Waals surface area contributed by atoms with E-state index in [1.54, 1.807) is 18.4 Å². The van der Waals surface area contributed by atoms with Crippen molar-refractivity contribution in [2.75, 3.05) is 14.2 Å². The minimum absolute atomic E-state index is 0.331. The Morgan fingerprint density at radius 3 is 2.83 bits per heavy atom. The highest BCUT2D eigenvalue weighted by Gasteiger charge is 2.10. The lowest BCUT2D eigenvalue weighted by Gasteiger charge is -2.05. The number of nitrogens with one attached hydrogen (secondary N) is 1. The zero-order valence-electron chi connectivity index (χ0n) is 10.5. The highest BCUT2D eigenvalue weighted by molar-refractivity contribution is 9.10. The average Bonchev–Trinajstić information content (AvgIpc) is 2.87. The molecule has 3 nitrogen and oxygen atoms in total. The molecule has 1 atom stereocenters. The minimum Gasteiger partial charge on any atom is -0.496 e. The Bertz CT molecular complexity index is 542. The van der Waals surface area contributed by atoms with Gasteiger partial charge in [0, 0.05) is 22.7 Å². The largest absolute Gasteiger partial charge is 0.496 e. The van der Waals surface area contributed by atoms with Crippen molar-refractivity contribution in [1.82, 2.24) is 10.3 Å². The summed E-state index contributed by atoms with van der Waals surface area (Å²) in [5.74, 6) is 0.833. The monoisotopic (exact) mass is 326 g/mol. The lowest BCUT2D eigenvalue weighted by molar-refractivity contribution is 0.412. The summed E-state index contributed by atoms with van der Waals surface area (Å²) in [5.41, 5.74) is 1.10. The molecule has 0 aliphatic carbocycles. The summed E-state index contributed by atoms with van der Waals surface area (Å²) in [7, 11) is 3.61. The molecule has 96 valence electrons. The van der Waals surface area contributed by atoms with Crippen LogP contribution in [0.5, 0.6) is 5.75 Å². The molecular formula is C13H15BrN2OS. The van der Waals surface area contributed by atoms with Gasteiger partial charge in [-0.2, -0.15) is 0 Å².